The zero-order valence-corrected chi connectivity index (χ0v) is 19.0. The topological polar surface area (TPSA) is 55.6 Å². The molecule has 154 valence electrons. The maximum absolute atomic E-state index is 6.54. The van der Waals surface area contributed by atoms with Crippen LogP contribution in [0, 0.1) is 0 Å². The zero-order valence-electron chi connectivity index (χ0n) is 16.7. The molecule has 2 aromatic heterocycles. The summed E-state index contributed by atoms with van der Waals surface area (Å²) in [5.74, 6) is 0.660. The van der Waals surface area contributed by atoms with Crippen molar-refractivity contribution in [2.75, 3.05) is 0 Å². The van der Waals surface area contributed by atoms with Crippen molar-refractivity contribution < 1.29 is 0 Å². The average Bonchev–Trinajstić information content (AvgIpc) is 3.07. The van der Waals surface area contributed by atoms with E-state index < -0.39 is 0 Å². The fourth-order valence-corrected chi connectivity index (χ4v) is 4.11. The van der Waals surface area contributed by atoms with E-state index in [2.05, 4.69) is 36.1 Å². The van der Waals surface area contributed by atoms with Gasteiger partial charge in [-0.25, -0.2) is 15.0 Å². The summed E-state index contributed by atoms with van der Waals surface area (Å²) < 4.78 is 1.97. The van der Waals surface area contributed by atoms with E-state index in [1.54, 1.807) is 18.5 Å². The summed E-state index contributed by atoms with van der Waals surface area (Å²) >= 11 is 18.8. The molecule has 0 aliphatic heterocycles. The summed E-state index contributed by atoms with van der Waals surface area (Å²) in [7, 11) is 0. The minimum atomic E-state index is -0.00222. The minimum absolute atomic E-state index is 0.00222. The molecule has 0 radical (unpaired) electrons. The molecular weight excluding hydrogens is 441 g/mol. The normalized spacial score (nSPS) is 12.6. The minimum Gasteiger partial charge on any atom is -0.307 e. The second kappa shape index (κ2) is 8.52. The smallest absolute Gasteiger partial charge is 0.168 e. The number of nitrogens with one attached hydrogen (secondary N) is 1. The van der Waals surface area contributed by atoms with E-state index in [4.69, 9.17) is 39.8 Å². The monoisotopic (exact) mass is 459 g/mol. The first-order valence-corrected chi connectivity index (χ1v) is 10.7. The fourth-order valence-electron chi connectivity index (χ4n) is 3.49. The van der Waals surface area contributed by atoms with Gasteiger partial charge in [0.2, 0.25) is 0 Å². The number of hydrogen-bond donors (Lipinski definition) is 1. The molecule has 0 aliphatic carbocycles. The van der Waals surface area contributed by atoms with Crippen LogP contribution in [0.2, 0.25) is 15.1 Å². The van der Waals surface area contributed by atoms with Crippen LogP contribution >= 0.6 is 34.8 Å². The van der Waals surface area contributed by atoms with Gasteiger partial charge in [0.05, 0.1) is 10.7 Å². The number of hydrogen-bond acceptors (Lipinski definition) is 4. The predicted molar refractivity (Wildman–Crippen MR) is 124 cm³/mol. The third kappa shape index (κ3) is 4.03. The van der Waals surface area contributed by atoms with Gasteiger partial charge >= 0.3 is 0 Å². The number of halogens is 3. The first kappa shape index (κ1) is 21.1. The van der Waals surface area contributed by atoms with E-state index in [9.17, 15) is 0 Å². The molecule has 8 heteroatoms. The van der Waals surface area contributed by atoms with Gasteiger partial charge in [-0.3, -0.25) is 4.57 Å². The van der Waals surface area contributed by atoms with Crippen molar-refractivity contribution in [2.45, 2.75) is 32.9 Å². The van der Waals surface area contributed by atoms with Gasteiger partial charge in [0.15, 0.2) is 5.65 Å². The summed E-state index contributed by atoms with van der Waals surface area (Å²) in [6.07, 6.45) is 1.57. The molecule has 2 aromatic carbocycles. The van der Waals surface area contributed by atoms with Gasteiger partial charge in [0, 0.05) is 33.4 Å². The maximum Gasteiger partial charge on any atom is 0.168 e. The van der Waals surface area contributed by atoms with Crippen LogP contribution < -0.4 is 5.32 Å². The van der Waals surface area contributed by atoms with Crippen molar-refractivity contribution in [1.29, 1.82) is 0 Å². The van der Waals surface area contributed by atoms with Gasteiger partial charge < -0.3 is 5.32 Å². The van der Waals surface area contributed by atoms with Crippen molar-refractivity contribution >= 4 is 46.0 Å². The Bertz CT molecular complexity index is 1200. The lowest BCUT2D eigenvalue weighted by atomic mass is 10.2. The van der Waals surface area contributed by atoms with Crippen LogP contribution in [0.5, 0.6) is 0 Å². The summed E-state index contributed by atoms with van der Waals surface area (Å²) in [6, 6.07) is 13.2. The van der Waals surface area contributed by atoms with E-state index in [-0.39, 0.29) is 6.04 Å². The van der Waals surface area contributed by atoms with E-state index in [0.717, 1.165) is 16.9 Å². The van der Waals surface area contributed by atoms with Crippen LogP contribution in [0.3, 0.4) is 0 Å². The van der Waals surface area contributed by atoms with E-state index in [1.807, 2.05) is 34.9 Å². The van der Waals surface area contributed by atoms with Crippen molar-refractivity contribution in [1.82, 2.24) is 24.8 Å². The maximum atomic E-state index is 6.54. The number of fused-ring (bicyclic) bond motifs is 1. The van der Waals surface area contributed by atoms with Crippen LogP contribution in [0.25, 0.3) is 28.2 Å². The Morgan fingerprint density at radius 1 is 0.900 bits per heavy atom. The van der Waals surface area contributed by atoms with Gasteiger partial charge in [-0.2, -0.15) is 0 Å². The molecule has 0 saturated heterocycles. The number of aromatic nitrogens is 4. The number of nitrogens with zero attached hydrogens (tertiary/aromatic N) is 4. The first-order valence-electron chi connectivity index (χ1n) is 9.56. The lowest BCUT2D eigenvalue weighted by Crippen LogP contribution is -2.27. The lowest BCUT2D eigenvalue weighted by molar-refractivity contribution is 0.499. The number of benzene rings is 2. The van der Waals surface area contributed by atoms with Crippen molar-refractivity contribution in [2.24, 2.45) is 0 Å². The molecule has 5 nitrogen and oxygen atoms in total. The molecule has 1 unspecified atom stereocenters. The van der Waals surface area contributed by atoms with Crippen LogP contribution in [0.1, 0.15) is 32.5 Å². The predicted octanol–water partition coefficient (Wildman–Crippen LogP) is 6.50. The third-order valence-corrected chi connectivity index (χ3v) is 5.52. The first-order chi connectivity index (χ1) is 14.3. The summed E-state index contributed by atoms with van der Waals surface area (Å²) in [5.41, 5.74) is 3.86. The highest BCUT2D eigenvalue weighted by Crippen LogP contribution is 2.35. The molecule has 0 fully saturated rings. The van der Waals surface area contributed by atoms with Crippen LogP contribution in [-0.2, 0) is 0 Å². The summed E-state index contributed by atoms with van der Waals surface area (Å²) in [6.45, 7) is 6.26. The van der Waals surface area contributed by atoms with Crippen LogP contribution in [0.15, 0.2) is 48.8 Å². The lowest BCUT2D eigenvalue weighted by Gasteiger charge is -2.16. The fraction of sp³-hybridized carbons (Fsp3) is 0.227. The Morgan fingerprint density at radius 3 is 2.27 bits per heavy atom. The molecule has 0 aliphatic rings. The SMILES string of the molecule is CC(C)NC(C)c1ncnc2c1nc(-c1ccc(Cl)cc1Cl)n2-c1ccc(Cl)cc1. The highest BCUT2D eigenvalue weighted by molar-refractivity contribution is 6.36. The highest BCUT2D eigenvalue weighted by Gasteiger charge is 2.22. The molecule has 0 amide bonds. The highest BCUT2D eigenvalue weighted by atomic mass is 35.5. The van der Waals surface area contributed by atoms with E-state index in [1.165, 1.54) is 0 Å². The van der Waals surface area contributed by atoms with Crippen molar-refractivity contribution in [3.05, 3.63) is 69.6 Å². The Morgan fingerprint density at radius 2 is 1.60 bits per heavy atom. The standard InChI is InChI=1S/C22H20Cl3N5/c1-12(2)28-13(3)19-20-22(27-11-26-19)30(16-7-4-14(23)5-8-16)21(29-20)17-9-6-15(24)10-18(17)25/h4-13,28H,1-3H3. The van der Waals surface area contributed by atoms with Gasteiger partial charge in [0.25, 0.3) is 0 Å². The van der Waals surface area contributed by atoms with Gasteiger partial charge in [-0.1, -0.05) is 48.7 Å². The number of rotatable bonds is 5. The third-order valence-electron chi connectivity index (χ3n) is 4.72. The Balaban J connectivity index is 2.01. The second-order valence-electron chi connectivity index (χ2n) is 7.35. The molecule has 0 spiro atoms. The molecule has 1 N–H and O–H groups in total. The largest absolute Gasteiger partial charge is 0.307 e. The Hall–Kier alpha value is -2.18. The van der Waals surface area contributed by atoms with E-state index >= 15 is 0 Å². The average molecular weight is 461 g/mol. The summed E-state index contributed by atoms with van der Waals surface area (Å²) in [4.78, 5) is 14.0. The molecule has 0 saturated carbocycles. The van der Waals surface area contributed by atoms with Crippen LogP contribution in [0.4, 0.5) is 0 Å². The molecule has 1 atom stereocenters. The molecule has 30 heavy (non-hydrogen) atoms. The van der Waals surface area contributed by atoms with E-state index in [0.29, 0.717) is 38.1 Å². The Kier molecular flexibility index (Phi) is 5.98. The molecule has 4 rings (SSSR count). The second-order valence-corrected chi connectivity index (χ2v) is 8.63. The van der Waals surface area contributed by atoms with Crippen molar-refractivity contribution in [3.8, 4) is 17.1 Å². The Labute approximate surface area is 190 Å². The van der Waals surface area contributed by atoms with Gasteiger partial charge in [-0.05, 0) is 49.4 Å². The van der Waals surface area contributed by atoms with Gasteiger partial charge in [0.1, 0.15) is 17.7 Å². The number of imidazole rings is 1. The summed E-state index contributed by atoms with van der Waals surface area (Å²) in [5, 5.41) is 5.21. The van der Waals surface area contributed by atoms with Gasteiger partial charge in [-0.15, -0.1) is 0 Å². The molecule has 0 bridgehead atoms. The molecular formula is C22H20Cl3N5. The molecule has 4 aromatic rings. The van der Waals surface area contributed by atoms with Crippen molar-refractivity contribution in [3.63, 3.8) is 0 Å². The van der Waals surface area contributed by atoms with Crippen LogP contribution in [-0.4, -0.2) is 25.6 Å². The molecule has 2 heterocycles. The quantitative estimate of drug-likeness (QED) is 0.369. The zero-order chi connectivity index (χ0) is 21.4.